The number of nitrogens with zero attached hydrogens (tertiary/aromatic N) is 1. The highest BCUT2D eigenvalue weighted by atomic mass is 32.1. The maximum Gasteiger partial charge on any atom is 0.0714 e. The molecular weight excluding hydrogens is 827 g/mol. The normalized spacial score (nSPS) is 13.4. The first-order chi connectivity index (χ1) is 32.8. The van der Waals surface area contributed by atoms with Crippen molar-refractivity contribution in [2.45, 2.75) is 31.6 Å². The van der Waals surface area contributed by atoms with Crippen molar-refractivity contribution in [3.8, 4) is 44.5 Å². The molecule has 0 fully saturated rings. The van der Waals surface area contributed by atoms with Crippen molar-refractivity contribution in [2.24, 2.45) is 0 Å². The van der Waals surface area contributed by atoms with Crippen molar-refractivity contribution in [3.05, 3.63) is 275 Å². The van der Waals surface area contributed by atoms with Gasteiger partial charge in [0.25, 0.3) is 0 Å². The Morgan fingerprint density at radius 3 is 1.55 bits per heavy atom. The van der Waals surface area contributed by atoms with Crippen LogP contribution in [0.3, 0.4) is 0 Å². The van der Waals surface area contributed by atoms with Crippen LogP contribution in [0.2, 0.25) is 0 Å². The van der Waals surface area contributed by atoms with Gasteiger partial charge in [-0.2, -0.15) is 0 Å². The molecule has 1 heterocycles. The standard InChI is InChI=1S/C65H51NS/c1-5-20-60-57(55-29-18-19-30-61(55)67-60)44-66(52-37-35-48(36-38-52)47-33-31-46(32-34-47)45-21-10-6-11-22-45)53-39-40-56-59(43-53)65(50-25-14-8-15-26-50,51-27-16-9-17-28-51)58-42-41-54(49-23-12-7-13-24-49)63(62(56)58)64(2,3)4/h5-44H,1H2,2-4H3/b57-44-,60-20+. The van der Waals surface area contributed by atoms with E-state index in [2.05, 4.69) is 269 Å². The minimum Gasteiger partial charge on any atom is -0.317 e. The van der Waals surface area contributed by atoms with E-state index >= 15 is 0 Å². The first kappa shape index (κ1) is 41.9. The Bertz CT molecular complexity index is 3490. The van der Waals surface area contributed by atoms with Gasteiger partial charge in [-0.25, -0.2) is 0 Å². The molecule has 1 nitrogen and oxygen atoms in total. The van der Waals surface area contributed by atoms with Crippen molar-refractivity contribution in [3.63, 3.8) is 0 Å². The molecule has 0 unspecified atom stereocenters. The number of rotatable bonds is 9. The van der Waals surface area contributed by atoms with Gasteiger partial charge in [0, 0.05) is 37.4 Å². The van der Waals surface area contributed by atoms with Crippen LogP contribution in [-0.2, 0) is 10.8 Å². The van der Waals surface area contributed by atoms with E-state index < -0.39 is 5.41 Å². The number of hydrogen-bond acceptors (Lipinski definition) is 2. The maximum absolute atomic E-state index is 4.13. The SMILES string of the molecule is C=C/C=c1/sc2ccccc2/c1=C/N(c1ccc(-c2ccc(-c3ccccc3)cc2)cc1)c1ccc2c(c1)C(c1ccccc1)(c1ccccc1)c1ccc(-c3ccccc3)c(C(C)(C)C)c1-2. The molecule has 0 amide bonds. The molecule has 0 bridgehead atoms. The lowest BCUT2D eigenvalue weighted by Crippen LogP contribution is -2.29. The van der Waals surface area contributed by atoms with E-state index in [9.17, 15) is 0 Å². The average molecular weight is 878 g/mol. The number of thiophene rings is 1. The molecule has 1 aliphatic carbocycles. The third kappa shape index (κ3) is 7.35. The topological polar surface area (TPSA) is 3.24 Å². The van der Waals surface area contributed by atoms with Gasteiger partial charge < -0.3 is 4.90 Å². The molecule has 0 saturated heterocycles. The van der Waals surface area contributed by atoms with Crippen molar-refractivity contribution >= 4 is 45.1 Å². The molecule has 0 atom stereocenters. The van der Waals surface area contributed by atoms with Crippen LogP contribution in [0.5, 0.6) is 0 Å². The lowest BCUT2D eigenvalue weighted by molar-refractivity contribution is 0.592. The van der Waals surface area contributed by atoms with E-state index in [1.807, 2.05) is 6.08 Å². The van der Waals surface area contributed by atoms with Gasteiger partial charge in [-0.3, -0.25) is 0 Å². The molecule has 67 heavy (non-hydrogen) atoms. The Hall–Kier alpha value is -7.78. The van der Waals surface area contributed by atoms with Gasteiger partial charge in [0.1, 0.15) is 0 Å². The summed E-state index contributed by atoms with van der Waals surface area (Å²) in [5.41, 5.74) is 17.7. The summed E-state index contributed by atoms with van der Waals surface area (Å²) in [5, 5.41) is 2.39. The summed E-state index contributed by atoms with van der Waals surface area (Å²) in [6.07, 6.45) is 6.40. The predicted octanol–water partition coefficient (Wildman–Crippen LogP) is 16.1. The maximum atomic E-state index is 4.13. The fourth-order valence-corrected chi connectivity index (χ4v) is 11.6. The summed E-state index contributed by atoms with van der Waals surface area (Å²) in [7, 11) is 0. The molecule has 0 radical (unpaired) electrons. The van der Waals surface area contributed by atoms with Crippen LogP contribution in [0, 0.1) is 0 Å². The van der Waals surface area contributed by atoms with E-state index in [1.165, 1.54) is 92.2 Å². The molecule has 10 aromatic rings. The van der Waals surface area contributed by atoms with Gasteiger partial charge in [-0.05, 0) is 114 Å². The van der Waals surface area contributed by atoms with Gasteiger partial charge in [0.2, 0.25) is 0 Å². The summed E-state index contributed by atoms with van der Waals surface area (Å²) < 4.78 is 2.42. The Morgan fingerprint density at radius 1 is 0.478 bits per heavy atom. The number of benzene rings is 9. The highest BCUT2D eigenvalue weighted by Crippen LogP contribution is 2.60. The van der Waals surface area contributed by atoms with E-state index in [0.29, 0.717) is 0 Å². The van der Waals surface area contributed by atoms with Gasteiger partial charge in [-0.1, -0.05) is 228 Å². The van der Waals surface area contributed by atoms with Crippen molar-refractivity contribution in [1.82, 2.24) is 0 Å². The number of anilines is 2. The second kappa shape index (κ2) is 17.2. The molecule has 1 aliphatic rings. The first-order valence-corrected chi connectivity index (χ1v) is 24.0. The Morgan fingerprint density at radius 2 is 0.970 bits per heavy atom. The average Bonchev–Trinajstić information content (AvgIpc) is 3.88. The van der Waals surface area contributed by atoms with Crippen LogP contribution in [-0.4, -0.2) is 0 Å². The molecule has 0 aliphatic heterocycles. The predicted molar refractivity (Wildman–Crippen MR) is 288 cm³/mol. The van der Waals surface area contributed by atoms with Crippen LogP contribution in [0.25, 0.3) is 66.9 Å². The summed E-state index contributed by atoms with van der Waals surface area (Å²) in [5.74, 6) is 0. The Balaban J connectivity index is 1.17. The number of allylic oxidation sites excluding steroid dienone is 1. The van der Waals surface area contributed by atoms with E-state index in [1.54, 1.807) is 11.3 Å². The molecule has 0 spiro atoms. The fraction of sp³-hybridized carbons (Fsp3) is 0.0769. The molecule has 11 rings (SSSR count). The quantitative estimate of drug-likeness (QED) is 0.140. The lowest BCUT2D eigenvalue weighted by atomic mass is 9.67. The van der Waals surface area contributed by atoms with Gasteiger partial charge in [0.15, 0.2) is 0 Å². The van der Waals surface area contributed by atoms with Crippen LogP contribution >= 0.6 is 11.3 Å². The summed E-state index contributed by atoms with van der Waals surface area (Å²) in [6.45, 7) is 11.2. The monoisotopic (exact) mass is 877 g/mol. The minimum absolute atomic E-state index is 0.169. The van der Waals surface area contributed by atoms with Crippen molar-refractivity contribution in [2.75, 3.05) is 4.90 Å². The Labute approximate surface area is 398 Å². The molecule has 2 heteroatoms. The smallest absolute Gasteiger partial charge is 0.0714 e. The first-order valence-electron chi connectivity index (χ1n) is 23.2. The van der Waals surface area contributed by atoms with Crippen LogP contribution in [0.4, 0.5) is 11.4 Å². The van der Waals surface area contributed by atoms with Crippen molar-refractivity contribution < 1.29 is 0 Å². The highest BCUT2D eigenvalue weighted by molar-refractivity contribution is 7.17. The Kier molecular flexibility index (Phi) is 10.8. The zero-order chi connectivity index (χ0) is 45.5. The number of hydrogen-bond donors (Lipinski definition) is 0. The minimum atomic E-state index is -0.600. The number of fused-ring (bicyclic) bond motifs is 4. The summed E-state index contributed by atoms with van der Waals surface area (Å²) in [6, 6.07) is 82.6. The van der Waals surface area contributed by atoms with Crippen LogP contribution < -0.4 is 14.7 Å². The third-order valence-electron chi connectivity index (χ3n) is 13.5. The molecule has 9 aromatic carbocycles. The summed E-state index contributed by atoms with van der Waals surface area (Å²) >= 11 is 1.80. The van der Waals surface area contributed by atoms with Gasteiger partial charge in [0.05, 0.1) is 5.41 Å². The second-order valence-electron chi connectivity index (χ2n) is 18.5. The molecule has 0 N–H and O–H groups in total. The largest absolute Gasteiger partial charge is 0.317 e. The fourth-order valence-electron chi connectivity index (χ4n) is 10.5. The van der Waals surface area contributed by atoms with E-state index in [-0.39, 0.29) is 5.41 Å². The van der Waals surface area contributed by atoms with Crippen molar-refractivity contribution in [1.29, 1.82) is 0 Å². The summed E-state index contributed by atoms with van der Waals surface area (Å²) in [4.78, 5) is 2.40. The second-order valence-corrected chi connectivity index (χ2v) is 19.6. The van der Waals surface area contributed by atoms with Gasteiger partial charge >= 0.3 is 0 Å². The zero-order valence-electron chi connectivity index (χ0n) is 38.2. The molecule has 0 saturated carbocycles. The molecule has 322 valence electrons. The van der Waals surface area contributed by atoms with Crippen LogP contribution in [0.15, 0.2) is 237 Å². The highest BCUT2D eigenvalue weighted by Gasteiger charge is 2.48. The van der Waals surface area contributed by atoms with E-state index in [4.69, 9.17) is 0 Å². The zero-order valence-corrected chi connectivity index (χ0v) is 39.0. The third-order valence-corrected chi connectivity index (χ3v) is 14.6. The molecule has 1 aromatic heterocycles. The van der Waals surface area contributed by atoms with Gasteiger partial charge in [-0.15, -0.1) is 11.3 Å². The van der Waals surface area contributed by atoms with Crippen LogP contribution in [0.1, 0.15) is 48.6 Å². The lowest BCUT2D eigenvalue weighted by Gasteiger charge is -2.35. The van der Waals surface area contributed by atoms with E-state index in [0.717, 1.165) is 11.4 Å². The molecular formula is C65H51NS.